The number of allylic oxidation sites excluding steroid dienone is 1. The zero-order valence-electron chi connectivity index (χ0n) is 15.6. The fourth-order valence-corrected chi connectivity index (χ4v) is 5.52. The summed E-state index contributed by atoms with van der Waals surface area (Å²) in [6, 6.07) is 1.15. The van der Waals surface area contributed by atoms with Gasteiger partial charge in [-0.25, -0.2) is 0 Å². The van der Waals surface area contributed by atoms with Crippen molar-refractivity contribution in [2.24, 2.45) is 0 Å². The molecule has 5 nitrogen and oxygen atoms in total. The van der Waals surface area contributed by atoms with Crippen LogP contribution in [-0.4, -0.2) is 57.3 Å². The summed E-state index contributed by atoms with van der Waals surface area (Å²) in [6.45, 7) is 6.23. The molecule has 1 aromatic rings. The number of amides is 1. The monoisotopic (exact) mass is 374 g/mol. The first kappa shape index (κ1) is 18.1. The van der Waals surface area contributed by atoms with Crippen LogP contribution in [0.3, 0.4) is 0 Å². The van der Waals surface area contributed by atoms with Crippen molar-refractivity contribution >= 4 is 17.7 Å². The number of carbonyl (C=O) groups excluding carboxylic acids is 1. The number of nitrogens with zero attached hydrogens (tertiary/aromatic N) is 3. The molecule has 0 radical (unpaired) electrons. The van der Waals surface area contributed by atoms with Crippen LogP contribution < -0.4 is 5.32 Å². The first-order valence-corrected chi connectivity index (χ1v) is 11.2. The minimum atomic E-state index is 0.130. The summed E-state index contributed by atoms with van der Waals surface area (Å²) < 4.78 is 2.01. The zero-order valence-corrected chi connectivity index (χ0v) is 16.4. The van der Waals surface area contributed by atoms with E-state index < -0.39 is 0 Å². The molecule has 142 valence electrons. The second kappa shape index (κ2) is 8.17. The quantitative estimate of drug-likeness (QED) is 0.805. The van der Waals surface area contributed by atoms with Crippen molar-refractivity contribution < 1.29 is 4.79 Å². The van der Waals surface area contributed by atoms with Gasteiger partial charge < -0.3 is 10.2 Å². The van der Waals surface area contributed by atoms with Crippen molar-refractivity contribution in [3.8, 4) is 0 Å². The zero-order chi connectivity index (χ0) is 17.9. The van der Waals surface area contributed by atoms with Gasteiger partial charge in [-0.15, -0.1) is 6.58 Å². The maximum absolute atomic E-state index is 13.1. The van der Waals surface area contributed by atoms with Crippen LogP contribution >= 0.6 is 11.8 Å². The summed E-state index contributed by atoms with van der Waals surface area (Å²) >= 11 is 1.93. The molecular weight excluding hydrogens is 344 g/mol. The highest BCUT2D eigenvalue weighted by atomic mass is 32.2. The summed E-state index contributed by atoms with van der Waals surface area (Å²) in [7, 11) is 0. The molecule has 2 heterocycles. The second-order valence-electron chi connectivity index (χ2n) is 7.74. The average Bonchev–Trinajstić information content (AvgIpc) is 3.30. The number of thioether (sulfide) groups is 1. The molecular formula is C20H30N4OS. The molecule has 0 bridgehead atoms. The molecule has 4 rings (SSSR count). The molecule has 2 fully saturated rings. The Hall–Kier alpha value is -1.27. The Bertz CT molecular complexity index is 659. The highest BCUT2D eigenvalue weighted by Gasteiger charge is 2.32. The van der Waals surface area contributed by atoms with E-state index in [9.17, 15) is 4.79 Å². The molecule has 26 heavy (non-hydrogen) atoms. The standard InChI is InChI=1S/C20H30N4OS/c1-2-9-24-18-8-7-16(21-15-5-3-4-6-15)14-17(18)19(22-24)20(25)23-10-12-26-13-11-23/h2,15-16,21H,1,3-14H2. The molecule has 1 aliphatic heterocycles. The minimum Gasteiger partial charge on any atom is -0.336 e. The second-order valence-corrected chi connectivity index (χ2v) is 8.96. The Balaban J connectivity index is 1.56. The third-order valence-corrected chi connectivity index (χ3v) is 6.92. The maximum atomic E-state index is 13.1. The lowest BCUT2D eigenvalue weighted by atomic mass is 9.90. The van der Waals surface area contributed by atoms with Crippen LogP contribution in [0.5, 0.6) is 0 Å². The summed E-state index contributed by atoms with van der Waals surface area (Å²) in [5.74, 6) is 2.20. The molecule has 2 aliphatic carbocycles. The van der Waals surface area contributed by atoms with Crippen LogP contribution in [0.1, 0.15) is 53.8 Å². The average molecular weight is 375 g/mol. The number of fused-ring (bicyclic) bond motifs is 1. The molecule has 0 aromatic carbocycles. The first-order chi connectivity index (χ1) is 12.8. The number of hydrogen-bond acceptors (Lipinski definition) is 4. The van der Waals surface area contributed by atoms with Crippen LogP contribution in [0.25, 0.3) is 0 Å². The molecule has 1 unspecified atom stereocenters. The van der Waals surface area contributed by atoms with E-state index in [4.69, 9.17) is 5.10 Å². The van der Waals surface area contributed by atoms with Crippen LogP contribution in [0.4, 0.5) is 0 Å². The van der Waals surface area contributed by atoms with E-state index in [1.54, 1.807) is 0 Å². The minimum absolute atomic E-state index is 0.130. The maximum Gasteiger partial charge on any atom is 0.274 e. The topological polar surface area (TPSA) is 50.2 Å². The summed E-state index contributed by atoms with van der Waals surface area (Å²) in [5.41, 5.74) is 3.15. The van der Waals surface area contributed by atoms with E-state index in [1.165, 1.54) is 36.9 Å². The lowest BCUT2D eigenvalue weighted by Crippen LogP contribution is -2.41. The van der Waals surface area contributed by atoms with Crippen molar-refractivity contribution in [1.82, 2.24) is 20.0 Å². The smallest absolute Gasteiger partial charge is 0.274 e. The van der Waals surface area contributed by atoms with Crippen LogP contribution in [0.2, 0.25) is 0 Å². The number of aromatic nitrogens is 2. The van der Waals surface area contributed by atoms with Crippen molar-refractivity contribution in [2.45, 2.75) is 63.6 Å². The van der Waals surface area contributed by atoms with Gasteiger partial charge in [0.1, 0.15) is 0 Å². The van der Waals surface area contributed by atoms with E-state index in [1.807, 2.05) is 27.4 Å². The summed E-state index contributed by atoms with van der Waals surface area (Å²) in [6.07, 6.45) is 10.3. The van der Waals surface area contributed by atoms with E-state index in [0.717, 1.165) is 43.9 Å². The van der Waals surface area contributed by atoms with Gasteiger partial charge >= 0.3 is 0 Å². The molecule has 6 heteroatoms. The van der Waals surface area contributed by atoms with Gasteiger partial charge in [0.2, 0.25) is 0 Å². The molecule has 1 saturated heterocycles. The van der Waals surface area contributed by atoms with Gasteiger partial charge in [-0.2, -0.15) is 16.9 Å². The van der Waals surface area contributed by atoms with E-state index in [2.05, 4.69) is 11.9 Å². The molecule has 1 amide bonds. The number of nitrogens with one attached hydrogen (secondary N) is 1. The normalized spacial score (nSPS) is 23.8. The molecule has 1 aromatic heterocycles. The molecule has 1 atom stereocenters. The van der Waals surface area contributed by atoms with E-state index >= 15 is 0 Å². The van der Waals surface area contributed by atoms with Gasteiger partial charge in [0.05, 0.1) is 6.54 Å². The Morgan fingerprint density at radius 1 is 1.23 bits per heavy atom. The molecule has 1 N–H and O–H groups in total. The Kier molecular flexibility index (Phi) is 5.69. The van der Waals surface area contributed by atoms with Crippen LogP contribution in [0, 0.1) is 0 Å². The highest BCUT2D eigenvalue weighted by Crippen LogP contribution is 2.28. The van der Waals surface area contributed by atoms with Gasteiger partial charge in [0.15, 0.2) is 5.69 Å². The number of hydrogen-bond donors (Lipinski definition) is 1. The lowest BCUT2D eigenvalue weighted by Gasteiger charge is -2.29. The van der Waals surface area contributed by atoms with Crippen molar-refractivity contribution in [3.05, 3.63) is 29.6 Å². The summed E-state index contributed by atoms with van der Waals surface area (Å²) in [4.78, 5) is 15.1. The number of rotatable bonds is 5. The van der Waals surface area contributed by atoms with E-state index in [-0.39, 0.29) is 5.91 Å². The van der Waals surface area contributed by atoms with Crippen LogP contribution in [-0.2, 0) is 19.4 Å². The fraction of sp³-hybridized carbons (Fsp3) is 0.700. The molecule has 0 spiro atoms. The predicted molar refractivity (Wildman–Crippen MR) is 107 cm³/mol. The Morgan fingerprint density at radius 2 is 2.00 bits per heavy atom. The number of carbonyl (C=O) groups is 1. The van der Waals surface area contributed by atoms with Crippen molar-refractivity contribution in [1.29, 1.82) is 0 Å². The van der Waals surface area contributed by atoms with Gasteiger partial charge in [0.25, 0.3) is 5.91 Å². The summed E-state index contributed by atoms with van der Waals surface area (Å²) in [5, 5.41) is 8.60. The van der Waals surface area contributed by atoms with Gasteiger partial charge in [0, 0.05) is 47.9 Å². The third-order valence-electron chi connectivity index (χ3n) is 5.98. The molecule has 3 aliphatic rings. The lowest BCUT2D eigenvalue weighted by molar-refractivity contribution is 0.0764. The fourth-order valence-electron chi connectivity index (χ4n) is 4.62. The Labute approximate surface area is 160 Å². The largest absolute Gasteiger partial charge is 0.336 e. The third kappa shape index (κ3) is 3.72. The first-order valence-electron chi connectivity index (χ1n) is 10.1. The Morgan fingerprint density at radius 3 is 2.73 bits per heavy atom. The molecule has 1 saturated carbocycles. The van der Waals surface area contributed by atoms with Gasteiger partial charge in [-0.3, -0.25) is 9.48 Å². The van der Waals surface area contributed by atoms with Crippen molar-refractivity contribution in [3.63, 3.8) is 0 Å². The SMILES string of the molecule is C=CCn1nc(C(=O)N2CCSCC2)c2c1CCC(NC1CCCC1)C2. The van der Waals surface area contributed by atoms with Gasteiger partial charge in [-0.1, -0.05) is 18.9 Å². The van der Waals surface area contributed by atoms with Crippen molar-refractivity contribution in [2.75, 3.05) is 24.6 Å². The predicted octanol–water partition coefficient (Wildman–Crippen LogP) is 2.65. The highest BCUT2D eigenvalue weighted by molar-refractivity contribution is 7.99. The van der Waals surface area contributed by atoms with Gasteiger partial charge in [-0.05, 0) is 32.1 Å². The van der Waals surface area contributed by atoms with Crippen LogP contribution in [0.15, 0.2) is 12.7 Å². The van der Waals surface area contributed by atoms with E-state index in [0.29, 0.717) is 24.3 Å².